The van der Waals surface area contributed by atoms with Gasteiger partial charge in [-0.25, -0.2) is 9.59 Å². The Morgan fingerprint density at radius 3 is 2.42 bits per heavy atom. The van der Waals surface area contributed by atoms with E-state index in [4.69, 9.17) is 10.2 Å². The lowest BCUT2D eigenvalue weighted by atomic mass is 10.1. The summed E-state index contributed by atoms with van der Waals surface area (Å²) in [6, 6.07) is 9.76. The fourth-order valence-corrected chi connectivity index (χ4v) is 1.81. The lowest BCUT2D eigenvalue weighted by Gasteiger charge is -2.03. The Labute approximate surface area is 109 Å². The first-order valence-corrected chi connectivity index (χ1v) is 5.61. The number of benzene rings is 1. The van der Waals surface area contributed by atoms with Crippen LogP contribution in [0, 0.1) is 0 Å². The molecule has 0 radical (unpaired) electrons. The number of carboxylic acid groups (broad SMARTS) is 2. The van der Waals surface area contributed by atoms with Crippen molar-refractivity contribution in [3.63, 3.8) is 0 Å². The van der Waals surface area contributed by atoms with Gasteiger partial charge in [0.15, 0.2) is 18.9 Å². The Morgan fingerprint density at radius 1 is 1.00 bits per heavy atom. The second kappa shape index (κ2) is 5.30. The molecule has 2 rings (SSSR count). The van der Waals surface area contributed by atoms with Crippen molar-refractivity contribution in [2.45, 2.75) is 6.54 Å². The first kappa shape index (κ1) is 12.8. The van der Waals surface area contributed by atoms with Gasteiger partial charge in [0.2, 0.25) is 0 Å². The Hall–Kier alpha value is -2.69. The van der Waals surface area contributed by atoms with Crippen LogP contribution in [0.15, 0.2) is 48.8 Å². The van der Waals surface area contributed by atoms with Gasteiger partial charge < -0.3 is 10.2 Å². The number of hydrogen-bond donors (Lipinski definition) is 2. The van der Waals surface area contributed by atoms with Crippen LogP contribution in [0.4, 0.5) is 0 Å². The number of carbonyl (C=O) groups is 2. The quantitative estimate of drug-likeness (QED) is 0.813. The summed E-state index contributed by atoms with van der Waals surface area (Å²) in [6.45, 7) is 0.309. The number of rotatable bonds is 4. The molecule has 0 saturated heterocycles. The van der Waals surface area contributed by atoms with Crippen LogP contribution in [-0.4, -0.2) is 22.2 Å². The summed E-state index contributed by atoms with van der Waals surface area (Å²) in [5.74, 6) is -2.01. The van der Waals surface area contributed by atoms with Crippen LogP contribution in [0.25, 0.3) is 0 Å². The summed E-state index contributed by atoms with van der Waals surface area (Å²) in [6.07, 6.45) is 3.17. The number of carboxylic acids is 2. The van der Waals surface area contributed by atoms with E-state index in [9.17, 15) is 9.59 Å². The van der Waals surface area contributed by atoms with E-state index in [1.807, 2.05) is 0 Å². The van der Waals surface area contributed by atoms with E-state index in [0.717, 1.165) is 0 Å². The first-order chi connectivity index (χ1) is 9.08. The second-order valence-electron chi connectivity index (χ2n) is 4.03. The molecule has 0 aliphatic rings. The Balaban J connectivity index is 2.34. The molecule has 96 valence electrons. The molecule has 0 saturated carbocycles. The van der Waals surface area contributed by atoms with Crippen molar-refractivity contribution >= 4 is 11.9 Å². The second-order valence-corrected chi connectivity index (χ2v) is 4.03. The van der Waals surface area contributed by atoms with Gasteiger partial charge in [0.25, 0.3) is 0 Å². The molecule has 0 aliphatic heterocycles. The maximum atomic E-state index is 11.1. The molecule has 0 unspecified atom stereocenters. The fraction of sp³-hybridized carbons (Fsp3) is 0.0714. The minimum absolute atomic E-state index is 0.162. The van der Waals surface area contributed by atoms with E-state index in [-0.39, 0.29) is 11.1 Å². The number of aromatic nitrogens is 1. The smallest absolute Gasteiger partial charge is 0.341 e. The van der Waals surface area contributed by atoms with Crippen molar-refractivity contribution in [1.29, 1.82) is 0 Å². The van der Waals surface area contributed by atoms with E-state index in [1.165, 1.54) is 18.3 Å². The van der Waals surface area contributed by atoms with Gasteiger partial charge in [-0.2, -0.15) is 4.57 Å². The van der Waals surface area contributed by atoms with Crippen LogP contribution < -0.4 is 4.57 Å². The zero-order valence-corrected chi connectivity index (χ0v) is 9.98. The van der Waals surface area contributed by atoms with Crippen LogP contribution in [0.3, 0.4) is 0 Å². The molecule has 0 atom stereocenters. The molecule has 2 aromatic rings. The average molecular weight is 258 g/mol. The largest absolute Gasteiger partial charge is 0.478 e. The maximum absolute atomic E-state index is 11.1. The minimum Gasteiger partial charge on any atom is -0.478 e. The molecule has 2 N–H and O–H groups in total. The topological polar surface area (TPSA) is 78.5 Å². The SMILES string of the molecule is O=C(O)c1ccc[n+](Cc2ccccc2C(=O)O)c1. The molecule has 1 heterocycles. The molecule has 1 aromatic carbocycles. The average Bonchev–Trinajstić information content (AvgIpc) is 2.39. The van der Waals surface area contributed by atoms with E-state index >= 15 is 0 Å². The number of nitrogens with zero attached hydrogens (tertiary/aromatic N) is 1. The van der Waals surface area contributed by atoms with Crippen molar-refractivity contribution in [1.82, 2.24) is 0 Å². The van der Waals surface area contributed by atoms with Crippen molar-refractivity contribution in [2.24, 2.45) is 0 Å². The van der Waals surface area contributed by atoms with Gasteiger partial charge in [0.1, 0.15) is 5.56 Å². The molecule has 1 aromatic heterocycles. The number of pyridine rings is 1. The van der Waals surface area contributed by atoms with Crippen LogP contribution >= 0.6 is 0 Å². The zero-order chi connectivity index (χ0) is 13.8. The van der Waals surface area contributed by atoms with Crippen LogP contribution in [0.1, 0.15) is 26.3 Å². The van der Waals surface area contributed by atoms with Crippen molar-refractivity contribution in [2.75, 3.05) is 0 Å². The van der Waals surface area contributed by atoms with Gasteiger partial charge in [-0.1, -0.05) is 18.2 Å². The van der Waals surface area contributed by atoms with Crippen LogP contribution in [0.2, 0.25) is 0 Å². The third-order valence-corrected chi connectivity index (χ3v) is 2.71. The van der Waals surface area contributed by atoms with Crippen molar-refractivity contribution < 1.29 is 24.4 Å². The highest BCUT2D eigenvalue weighted by atomic mass is 16.4. The third-order valence-electron chi connectivity index (χ3n) is 2.71. The highest BCUT2D eigenvalue weighted by molar-refractivity contribution is 5.89. The van der Waals surface area contributed by atoms with E-state index in [0.29, 0.717) is 12.1 Å². The number of aromatic carboxylic acids is 2. The van der Waals surface area contributed by atoms with Crippen molar-refractivity contribution in [3.05, 3.63) is 65.5 Å². The molecule has 0 amide bonds. The molecular formula is C14H12NO4+. The molecule has 5 nitrogen and oxygen atoms in total. The van der Waals surface area contributed by atoms with Gasteiger partial charge in [0, 0.05) is 11.6 Å². The summed E-state index contributed by atoms with van der Waals surface area (Å²) in [5.41, 5.74) is 1.01. The molecule has 0 bridgehead atoms. The summed E-state index contributed by atoms with van der Waals surface area (Å²) in [7, 11) is 0. The van der Waals surface area contributed by atoms with E-state index in [1.54, 1.807) is 35.0 Å². The molecule has 5 heteroatoms. The summed E-state index contributed by atoms with van der Waals surface area (Å²) < 4.78 is 1.64. The normalized spacial score (nSPS) is 10.1. The highest BCUT2D eigenvalue weighted by Crippen LogP contribution is 2.08. The lowest BCUT2D eigenvalue weighted by Crippen LogP contribution is -2.35. The van der Waals surface area contributed by atoms with Crippen molar-refractivity contribution in [3.8, 4) is 0 Å². The Kier molecular flexibility index (Phi) is 3.56. The molecule has 0 fully saturated rings. The summed E-state index contributed by atoms with van der Waals surface area (Å²) in [5, 5.41) is 18.0. The Morgan fingerprint density at radius 2 is 1.74 bits per heavy atom. The zero-order valence-electron chi connectivity index (χ0n) is 9.98. The predicted octanol–water partition coefficient (Wildman–Crippen LogP) is 1.42. The molecule has 19 heavy (non-hydrogen) atoms. The van der Waals surface area contributed by atoms with Crippen LogP contribution in [-0.2, 0) is 6.54 Å². The highest BCUT2D eigenvalue weighted by Gasteiger charge is 2.14. The van der Waals surface area contributed by atoms with Gasteiger partial charge in [-0.05, 0) is 12.1 Å². The van der Waals surface area contributed by atoms with Crippen LogP contribution in [0.5, 0.6) is 0 Å². The van der Waals surface area contributed by atoms with Gasteiger partial charge >= 0.3 is 11.9 Å². The standard InChI is InChI=1S/C14H11NO4/c16-13(17)11-5-3-7-15(9-11)8-10-4-1-2-6-12(10)14(18)19/h1-7,9H,8H2,(H-,16,17,18,19)/p+1. The first-order valence-electron chi connectivity index (χ1n) is 5.61. The lowest BCUT2D eigenvalue weighted by molar-refractivity contribution is -0.688. The van der Waals surface area contributed by atoms with Gasteiger partial charge in [-0.15, -0.1) is 0 Å². The predicted molar refractivity (Wildman–Crippen MR) is 66.1 cm³/mol. The van der Waals surface area contributed by atoms with Gasteiger partial charge in [0.05, 0.1) is 5.56 Å². The van der Waals surface area contributed by atoms with E-state index < -0.39 is 11.9 Å². The monoisotopic (exact) mass is 258 g/mol. The van der Waals surface area contributed by atoms with E-state index in [2.05, 4.69) is 0 Å². The van der Waals surface area contributed by atoms with Gasteiger partial charge in [-0.3, -0.25) is 0 Å². The summed E-state index contributed by atoms with van der Waals surface area (Å²) >= 11 is 0. The number of hydrogen-bond acceptors (Lipinski definition) is 2. The minimum atomic E-state index is -1.01. The molecular weight excluding hydrogens is 246 g/mol. The third kappa shape index (κ3) is 2.95. The molecule has 0 aliphatic carbocycles. The fourth-order valence-electron chi connectivity index (χ4n) is 1.81. The maximum Gasteiger partial charge on any atom is 0.341 e. The summed E-state index contributed by atoms with van der Waals surface area (Å²) in [4.78, 5) is 22.0. The Bertz CT molecular complexity index is 637. The molecule has 0 spiro atoms.